The van der Waals surface area contributed by atoms with E-state index in [4.69, 9.17) is 0 Å². The van der Waals surface area contributed by atoms with Crippen molar-refractivity contribution in [1.82, 2.24) is 14.7 Å². The highest BCUT2D eigenvalue weighted by Crippen LogP contribution is 2.33. The van der Waals surface area contributed by atoms with E-state index in [0.717, 1.165) is 43.5 Å². The fourth-order valence-corrected chi connectivity index (χ4v) is 4.10. The first-order chi connectivity index (χ1) is 15.5. The van der Waals surface area contributed by atoms with Crippen molar-refractivity contribution in [3.63, 3.8) is 0 Å². The molecular weight excluding hydrogens is 407 g/mol. The van der Waals surface area contributed by atoms with Gasteiger partial charge in [0, 0.05) is 31.5 Å². The van der Waals surface area contributed by atoms with Crippen LogP contribution in [0.15, 0.2) is 54.6 Å². The van der Waals surface area contributed by atoms with Gasteiger partial charge in [0.15, 0.2) is 0 Å². The summed E-state index contributed by atoms with van der Waals surface area (Å²) in [6, 6.07) is 15.7. The predicted octanol–water partition coefficient (Wildman–Crippen LogP) is 4.72. The first-order valence-corrected chi connectivity index (χ1v) is 11.0. The maximum atomic E-state index is 13.9. The molecule has 1 aliphatic heterocycles. The fraction of sp³-hybridized carbons (Fsp3) is 0.320. The molecule has 2 amide bonds. The molecule has 166 valence electrons. The van der Waals surface area contributed by atoms with Crippen LogP contribution in [0.25, 0.3) is 16.8 Å². The highest BCUT2D eigenvalue weighted by molar-refractivity contribution is 5.97. The number of hydrogen-bond donors (Lipinski definition) is 1. The summed E-state index contributed by atoms with van der Waals surface area (Å²) >= 11 is 0. The molecule has 1 aromatic heterocycles. The summed E-state index contributed by atoms with van der Waals surface area (Å²) in [6.45, 7) is 3.39. The minimum Gasteiger partial charge on any atom is -0.343 e. The minimum absolute atomic E-state index is 0.0120. The number of hydrogen-bond acceptors (Lipinski definition) is 3. The summed E-state index contributed by atoms with van der Waals surface area (Å²) in [6.07, 6.45) is 3.43. The Hall–Kier alpha value is -3.48. The van der Waals surface area contributed by atoms with Crippen molar-refractivity contribution < 1.29 is 14.0 Å². The predicted molar refractivity (Wildman–Crippen MR) is 122 cm³/mol. The number of aromatic nitrogens is 2. The number of likely N-dealkylation sites (tertiary alicyclic amines) is 1. The number of anilines is 1. The number of nitrogens with zero attached hydrogens (tertiary/aromatic N) is 3. The van der Waals surface area contributed by atoms with Crippen LogP contribution in [0.2, 0.25) is 0 Å². The Kier molecular flexibility index (Phi) is 6.63. The monoisotopic (exact) mass is 434 g/mol. The lowest BCUT2D eigenvalue weighted by molar-refractivity contribution is -0.133. The van der Waals surface area contributed by atoms with E-state index in [0.29, 0.717) is 17.2 Å². The zero-order valence-corrected chi connectivity index (χ0v) is 18.2. The number of aryl methyl sites for hydroxylation is 1. The van der Waals surface area contributed by atoms with E-state index in [1.54, 1.807) is 16.8 Å². The molecule has 0 spiro atoms. The topological polar surface area (TPSA) is 67.2 Å². The number of carbonyl (C=O) groups is 2. The van der Waals surface area contributed by atoms with Crippen LogP contribution >= 0.6 is 0 Å². The molecule has 32 heavy (non-hydrogen) atoms. The Morgan fingerprint density at radius 3 is 2.47 bits per heavy atom. The third-order valence-electron chi connectivity index (χ3n) is 5.71. The van der Waals surface area contributed by atoms with Crippen LogP contribution in [0.1, 0.15) is 37.8 Å². The van der Waals surface area contributed by atoms with E-state index in [1.807, 2.05) is 42.2 Å². The Bertz CT molecular complexity index is 1100. The van der Waals surface area contributed by atoms with Gasteiger partial charge in [-0.15, -0.1) is 0 Å². The number of halogens is 1. The average molecular weight is 435 g/mol. The molecule has 2 heterocycles. The maximum absolute atomic E-state index is 13.9. The molecule has 4 rings (SSSR count). The van der Waals surface area contributed by atoms with E-state index in [1.165, 1.54) is 12.1 Å². The van der Waals surface area contributed by atoms with Crippen molar-refractivity contribution in [3.05, 3.63) is 66.1 Å². The van der Waals surface area contributed by atoms with Gasteiger partial charge in [-0.2, -0.15) is 5.10 Å². The molecule has 1 N–H and O–H groups in total. The molecule has 1 fully saturated rings. The van der Waals surface area contributed by atoms with Gasteiger partial charge in [0.2, 0.25) is 11.8 Å². The van der Waals surface area contributed by atoms with Crippen LogP contribution in [0, 0.1) is 12.7 Å². The molecule has 7 heteroatoms. The SMILES string of the molecule is Cc1nn(-c2cccc(F)c2)c(NC(=O)CCC(=O)N2CCCCC2)c1-c1ccccc1. The Morgan fingerprint density at radius 1 is 1.00 bits per heavy atom. The molecule has 6 nitrogen and oxygen atoms in total. The van der Waals surface area contributed by atoms with Gasteiger partial charge in [0.05, 0.1) is 11.4 Å². The molecule has 2 aromatic carbocycles. The van der Waals surface area contributed by atoms with Crippen LogP contribution in [0.4, 0.5) is 10.2 Å². The van der Waals surface area contributed by atoms with Gasteiger partial charge in [-0.1, -0.05) is 36.4 Å². The van der Waals surface area contributed by atoms with Crippen molar-refractivity contribution in [2.75, 3.05) is 18.4 Å². The first-order valence-electron chi connectivity index (χ1n) is 11.0. The molecule has 1 saturated heterocycles. The normalized spacial score (nSPS) is 13.8. The van der Waals surface area contributed by atoms with E-state index in [2.05, 4.69) is 10.4 Å². The average Bonchev–Trinajstić information content (AvgIpc) is 3.14. The molecule has 1 aliphatic rings. The maximum Gasteiger partial charge on any atom is 0.226 e. The lowest BCUT2D eigenvalue weighted by atomic mass is 10.1. The molecule has 0 bridgehead atoms. The van der Waals surface area contributed by atoms with Crippen LogP contribution in [-0.2, 0) is 9.59 Å². The van der Waals surface area contributed by atoms with Gasteiger partial charge >= 0.3 is 0 Å². The second kappa shape index (κ2) is 9.77. The van der Waals surface area contributed by atoms with E-state index in [9.17, 15) is 14.0 Å². The number of nitrogens with one attached hydrogen (secondary N) is 1. The summed E-state index contributed by atoms with van der Waals surface area (Å²) in [7, 11) is 0. The van der Waals surface area contributed by atoms with Gasteiger partial charge in [0.25, 0.3) is 0 Å². The summed E-state index contributed by atoms with van der Waals surface area (Å²) in [5.74, 6) is -0.181. The molecule has 0 unspecified atom stereocenters. The van der Waals surface area contributed by atoms with E-state index >= 15 is 0 Å². The minimum atomic E-state index is -0.388. The highest BCUT2D eigenvalue weighted by atomic mass is 19.1. The van der Waals surface area contributed by atoms with Crippen LogP contribution in [-0.4, -0.2) is 39.6 Å². The summed E-state index contributed by atoms with van der Waals surface area (Å²) in [5.41, 5.74) is 2.88. The van der Waals surface area contributed by atoms with Crippen molar-refractivity contribution in [1.29, 1.82) is 0 Å². The molecule has 0 radical (unpaired) electrons. The number of carbonyl (C=O) groups excluding carboxylic acids is 2. The fourth-order valence-electron chi connectivity index (χ4n) is 4.10. The second-order valence-corrected chi connectivity index (χ2v) is 8.06. The summed E-state index contributed by atoms with van der Waals surface area (Å²) in [5, 5.41) is 7.52. The van der Waals surface area contributed by atoms with Crippen molar-refractivity contribution >= 4 is 17.6 Å². The lowest BCUT2D eigenvalue weighted by Gasteiger charge is -2.26. The van der Waals surface area contributed by atoms with E-state index in [-0.39, 0.29) is 30.5 Å². The second-order valence-electron chi connectivity index (χ2n) is 8.06. The van der Waals surface area contributed by atoms with Crippen molar-refractivity contribution in [2.24, 2.45) is 0 Å². The standard InChI is InChI=1S/C25H27FN4O2/c1-18-24(19-9-4-2-5-10-19)25(30(28-18)21-12-8-11-20(26)17-21)27-22(31)13-14-23(32)29-15-6-3-7-16-29/h2,4-5,8-12,17H,3,6-7,13-16H2,1H3,(H,27,31). The Labute approximate surface area is 187 Å². The van der Waals surface area contributed by atoms with Crippen LogP contribution in [0.3, 0.4) is 0 Å². The van der Waals surface area contributed by atoms with Gasteiger partial charge < -0.3 is 10.2 Å². The third kappa shape index (κ3) is 4.88. The molecule has 3 aromatic rings. The number of amides is 2. The van der Waals surface area contributed by atoms with Gasteiger partial charge in [0.1, 0.15) is 11.6 Å². The highest BCUT2D eigenvalue weighted by Gasteiger charge is 2.22. The zero-order valence-electron chi connectivity index (χ0n) is 18.2. The van der Waals surface area contributed by atoms with Crippen molar-refractivity contribution in [2.45, 2.75) is 39.0 Å². The molecule has 0 aliphatic carbocycles. The van der Waals surface area contributed by atoms with Gasteiger partial charge in [-0.3, -0.25) is 9.59 Å². The Morgan fingerprint density at radius 2 is 1.75 bits per heavy atom. The Balaban J connectivity index is 1.59. The molecule has 0 saturated carbocycles. The van der Waals surface area contributed by atoms with Crippen molar-refractivity contribution in [3.8, 4) is 16.8 Å². The number of benzene rings is 2. The van der Waals surface area contributed by atoms with Crippen LogP contribution in [0.5, 0.6) is 0 Å². The van der Waals surface area contributed by atoms with E-state index < -0.39 is 0 Å². The molecule has 0 atom stereocenters. The quantitative estimate of drug-likeness (QED) is 0.611. The summed E-state index contributed by atoms with van der Waals surface area (Å²) in [4.78, 5) is 27.1. The first kappa shape index (κ1) is 21.7. The summed E-state index contributed by atoms with van der Waals surface area (Å²) < 4.78 is 15.4. The lowest BCUT2D eigenvalue weighted by Crippen LogP contribution is -2.36. The largest absolute Gasteiger partial charge is 0.343 e. The van der Waals surface area contributed by atoms with Crippen LogP contribution < -0.4 is 5.32 Å². The third-order valence-corrected chi connectivity index (χ3v) is 5.71. The number of rotatable bonds is 6. The smallest absolute Gasteiger partial charge is 0.226 e. The molecular formula is C25H27FN4O2. The number of piperidine rings is 1. The van der Waals surface area contributed by atoms with Gasteiger partial charge in [-0.05, 0) is 49.9 Å². The van der Waals surface area contributed by atoms with Gasteiger partial charge in [-0.25, -0.2) is 9.07 Å². The zero-order chi connectivity index (χ0) is 22.5.